The van der Waals surface area contributed by atoms with Crippen molar-refractivity contribution in [2.24, 2.45) is 0 Å². The summed E-state index contributed by atoms with van der Waals surface area (Å²) in [6, 6.07) is 2.20. The van der Waals surface area contributed by atoms with E-state index < -0.39 is 42.1 Å². The zero-order valence-electron chi connectivity index (χ0n) is 35.3. The van der Waals surface area contributed by atoms with E-state index in [0.29, 0.717) is 49.9 Å². The highest BCUT2D eigenvalue weighted by molar-refractivity contribution is 6.94. The fourth-order valence-electron chi connectivity index (χ4n) is 9.79. The molecule has 0 aromatic rings. The quantitative estimate of drug-likeness (QED) is 0.0731. The van der Waals surface area contributed by atoms with Crippen LogP contribution in [0.2, 0.25) is 75.1 Å². The van der Waals surface area contributed by atoms with Gasteiger partial charge in [0.2, 0.25) is 0 Å². The molecule has 9 heteroatoms. The van der Waals surface area contributed by atoms with Gasteiger partial charge < -0.3 is 16.8 Å². The molecule has 0 atom stereocenters. The fraction of sp³-hybridized carbons (Fsp3) is 1.00. The average Bonchev–Trinajstić information content (AvgIpc) is 2.88. The van der Waals surface area contributed by atoms with Gasteiger partial charge in [0.25, 0.3) is 0 Å². The normalized spacial score (nSPS) is 14.7. The minimum atomic E-state index is -3.21. The molecule has 0 aliphatic heterocycles. The van der Waals surface area contributed by atoms with Crippen molar-refractivity contribution < 1.29 is 16.8 Å². The van der Waals surface area contributed by atoms with Crippen molar-refractivity contribution in [3.05, 3.63) is 0 Å². The van der Waals surface area contributed by atoms with Crippen molar-refractivity contribution >= 4 is 42.1 Å². The van der Waals surface area contributed by atoms with E-state index in [2.05, 4.69) is 145 Å². The Balaban J connectivity index is 7.52. The molecule has 0 N–H and O–H groups in total. The average molecular weight is 736 g/mol. The smallest absolute Gasteiger partial charge is 0.418 e. The molecule has 0 heterocycles. The van der Waals surface area contributed by atoms with Gasteiger partial charge in [0, 0.05) is 12.7 Å². The summed E-state index contributed by atoms with van der Waals surface area (Å²) in [5.41, 5.74) is 4.36. The molecular formula is C37H86O4Si5. The lowest BCUT2D eigenvalue weighted by molar-refractivity contribution is 0.216. The number of rotatable bonds is 24. The van der Waals surface area contributed by atoms with E-state index in [0.717, 1.165) is 19.1 Å². The van der Waals surface area contributed by atoms with Crippen molar-refractivity contribution in [1.29, 1.82) is 0 Å². The van der Waals surface area contributed by atoms with Gasteiger partial charge in [-0.3, -0.25) is 0 Å². The van der Waals surface area contributed by atoms with Crippen LogP contribution in [0.5, 0.6) is 0 Å². The third-order valence-electron chi connectivity index (χ3n) is 11.7. The zero-order valence-corrected chi connectivity index (χ0v) is 40.3. The van der Waals surface area contributed by atoms with Crippen LogP contribution in [0.3, 0.4) is 0 Å². The lowest BCUT2D eigenvalue weighted by atomic mass is 10.2. The van der Waals surface area contributed by atoms with Crippen LogP contribution in [-0.4, -0.2) is 48.7 Å². The molecule has 0 aliphatic rings. The number of hydrogen-bond acceptors (Lipinski definition) is 4. The predicted molar refractivity (Wildman–Crippen MR) is 219 cm³/mol. The van der Waals surface area contributed by atoms with Crippen molar-refractivity contribution in [3.8, 4) is 0 Å². The summed E-state index contributed by atoms with van der Waals surface area (Å²) >= 11 is 0. The molecule has 46 heavy (non-hydrogen) atoms. The summed E-state index contributed by atoms with van der Waals surface area (Å²) in [5.74, 6) is 0. The van der Waals surface area contributed by atoms with Crippen LogP contribution in [0.1, 0.15) is 157 Å². The molecule has 0 spiro atoms. The van der Waals surface area contributed by atoms with E-state index >= 15 is 0 Å². The Kier molecular flexibility index (Phi) is 19.9. The van der Waals surface area contributed by atoms with Crippen LogP contribution in [0, 0.1) is 0 Å². The van der Waals surface area contributed by atoms with Gasteiger partial charge >= 0.3 is 8.80 Å². The largest absolute Gasteiger partial charge is 0.469 e. The molecule has 0 aromatic heterocycles. The van der Waals surface area contributed by atoms with E-state index in [9.17, 15) is 0 Å². The highest BCUT2D eigenvalue weighted by Gasteiger charge is 2.63. The minimum absolute atomic E-state index is 0.485. The van der Waals surface area contributed by atoms with E-state index in [1.165, 1.54) is 25.3 Å². The minimum Gasteiger partial charge on any atom is -0.418 e. The first kappa shape index (κ1) is 46.9. The lowest BCUT2D eigenvalue weighted by Crippen LogP contribution is -2.69. The Hall–Kier alpha value is 0.924. The summed E-state index contributed by atoms with van der Waals surface area (Å²) in [5, 5.41) is 0. The molecular weight excluding hydrogens is 649 g/mol. The Bertz CT molecular complexity index is 691. The van der Waals surface area contributed by atoms with Gasteiger partial charge in [-0.15, -0.1) is 0 Å². The summed E-state index contributed by atoms with van der Waals surface area (Å²) in [7, 11) is -11.8. The molecule has 0 unspecified atom stereocenters. The highest BCUT2D eigenvalue weighted by Crippen LogP contribution is 2.53. The van der Waals surface area contributed by atoms with Crippen LogP contribution in [-0.2, 0) is 16.8 Å². The van der Waals surface area contributed by atoms with E-state index in [1.54, 1.807) is 0 Å². The second-order valence-electron chi connectivity index (χ2n) is 18.0. The molecule has 4 nitrogen and oxygen atoms in total. The monoisotopic (exact) mass is 735 g/mol. The molecule has 0 radical (unpaired) electrons. The van der Waals surface area contributed by atoms with Gasteiger partial charge in [0.1, 0.15) is 0 Å². The second kappa shape index (κ2) is 19.5. The van der Waals surface area contributed by atoms with Crippen LogP contribution >= 0.6 is 0 Å². The number of unbranched alkanes of at least 4 members (excludes halogenated alkanes) is 3. The molecule has 0 fully saturated rings. The Morgan fingerprint density at radius 3 is 0.826 bits per heavy atom. The van der Waals surface area contributed by atoms with Crippen molar-refractivity contribution in [1.82, 2.24) is 0 Å². The SMILES string of the molecule is CCO[Si](C)(C)CCCCCC[Si](O[Si](C(C)C)(C(C)C)C(C)C)(O[Si](C(C)C)(C(C)C)C(C)C)O[Si](C(C)C)(C(C)C)C(C)C. The standard InChI is InChI=1S/C37H86O4Si5/c1-22-38-42(20,21)27-25-23-24-26-28-43(39-44(29(2)3,30(4)5)31(6)7,40-45(32(8)9,33(10)11)34(12)13)41-46(35(14)15,36(16)17)37(18)19/h29-37H,22-28H2,1-21H3. The van der Waals surface area contributed by atoms with Gasteiger partial charge in [0.05, 0.1) is 0 Å². The Labute approximate surface area is 296 Å². The first-order valence-electron chi connectivity index (χ1n) is 19.6. The van der Waals surface area contributed by atoms with Crippen LogP contribution < -0.4 is 0 Å². The van der Waals surface area contributed by atoms with E-state index in [1.807, 2.05) is 0 Å². The van der Waals surface area contributed by atoms with Crippen LogP contribution in [0.15, 0.2) is 0 Å². The predicted octanol–water partition coefficient (Wildman–Crippen LogP) is 14.3. The molecule has 0 rings (SSSR count). The van der Waals surface area contributed by atoms with Crippen LogP contribution in [0.4, 0.5) is 0 Å². The molecule has 0 saturated carbocycles. The molecule has 0 amide bonds. The van der Waals surface area contributed by atoms with E-state index in [-0.39, 0.29) is 0 Å². The van der Waals surface area contributed by atoms with Gasteiger partial charge in [-0.05, 0) is 82.4 Å². The highest BCUT2D eigenvalue weighted by atomic mass is 28.5. The summed E-state index contributed by atoms with van der Waals surface area (Å²) < 4.78 is 30.8. The Morgan fingerprint density at radius 1 is 0.370 bits per heavy atom. The topological polar surface area (TPSA) is 36.9 Å². The maximum Gasteiger partial charge on any atom is 0.469 e. The first-order valence-corrected chi connectivity index (χ1v) is 31.1. The summed E-state index contributed by atoms with van der Waals surface area (Å²) in [6.45, 7) is 51.6. The molecule has 0 saturated heterocycles. The molecule has 278 valence electrons. The van der Waals surface area contributed by atoms with Crippen molar-refractivity contribution in [2.75, 3.05) is 6.61 Å². The van der Waals surface area contributed by atoms with Gasteiger partial charge in [-0.2, -0.15) is 0 Å². The summed E-state index contributed by atoms with van der Waals surface area (Å²) in [4.78, 5) is 0. The lowest BCUT2D eigenvalue weighted by Gasteiger charge is -2.56. The maximum absolute atomic E-state index is 8.20. The first-order chi connectivity index (χ1) is 20.9. The maximum atomic E-state index is 8.20. The zero-order chi connectivity index (χ0) is 36.5. The van der Waals surface area contributed by atoms with Gasteiger partial charge in [-0.25, -0.2) is 0 Å². The van der Waals surface area contributed by atoms with E-state index in [4.69, 9.17) is 16.8 Å². The molecule has 0 aliphatic carbocycles. The van der Waals surface area contributed by atoms with Crippen LogP contribution in [0.25, 0.3) is 0 Å². The Morgan fingerprint density at radius 2 is 0.609 bits per heavy atom. The molecule has 0 aromatic carbocycles. The third-order valence-corrected chi connectivity index (χ3v) is 39.5. The van der Waals surface area contributed by atoms with Gasteiger partial charge in [0.15, 0.2) is 33.3 Å². The molecule has 0 bridgehead atoms. The second-order valence-corrected chi connectivity index (χ2v) is 42.2. The van der Waals surface area contributed by atoms with Crippen molar-refractivity contribution in [3.63, 3.8) is 0 Å². The fourth-order valence-corrected chi connectivity index (χ4v) is 42.3. The van der Waals surface area contributed by atoms with Gasteiger partial charge in [-0.1, -0.05) is 144 Å². The third kappa shape index (κ3) is 11.2. The van der Waals surface area contributed by atoms with Crippen molar-refractivity contribution in [2.45, 2.75) is 232 Å². The number of hydrogen-bond donors (Lipinski definition) is 0. The summed E-state index contributed by atoms with van der Waals surface area (Å²) in [6.07, 6.45) is 4.83.